The van der Waals surface area contributed by atoms with Crippen LogP contribution in [0.1, 0.15) is 44.9 Å². The van der Waals surface area contributed by atoms with Crippen molar-refractivity contribution in [3.63, 3.8) is 0 Å². The van der Waals surface area contributed by atoms with E-state index in [0.29, 0.717) is 5.54 Å². The van der Waals surface area contributed by atoms with E-state index in [1.54, 1.807) is 0 Å². The highest BCUT2D eigenvalue weighted by Gasteiger charge is 2.45. The van der Waals surface area contributed by atoms with Gasteiger partial charge in [0.25, 0.3) is 0 Å². The molecule has 0 aromatic rings. The molecule has 1 unspecified atom stereocenters. The third-order valence-corrected chi connectivity index (χ3v) is 4.92. The molecule has 2 nitrogen and oxygen atoms in total. The van der Waals surface area contributed by atoms with Crippen LogP contribution < -0.4 is 5.32 Å². The smallest absolute Gasteiger partial charge is 0.0346 e. The second kappa shape index (κ2) is 6.60. The minimum absolute atomic E-state index is 0. The molecule has 102 valence electrons. The van der Waals surface area contributed by atoms with Crippen LogP contribution >= 0.6 is 24.8 Å². The molecule has 4 heteroatoms. The highest BCUT2D eigenvalue weighted by Crippen LogP contribution is 2.38. The van der Waals surface area contributed by atoms with E-state index in [0.717, 1.165) is 5.92 Å². The zero-order valence-corrected chi connectivity index (χ0v) is 12.3. The van der Waals surface area contributed by atoms with Crippen molar-refractivity contribution >= 4 is 24.8 Å². The van der Waals surface area contributed by atoms with Gasteiger partial charge in [0.2, 0.25) is 0 Å². The van der Waals surface area contributed by atoms with E-state index in [-0.39, 0.29) is 24.8 Å². The van der Waals surface area contributed by atoms with Crippen LogP contribution in [0.3, 0.4) is 0 Å². The molecule has 0 radical (unpaired) electrons. The molecule has 2 heterocycles. The number of hydrogen-bond donors (Lipinski definition) is 1. The van der Waals surface area contributed by atoms with Gasteiger partial charge in [0.15, 0.2) is 0 Å². The van der Waals surface area contributed by atoms with E-state index >= 15 is 0 Å². The van der Waals surface area contributed by atoms with E-state index < -0.39 is 0 Å². The van der Waals surface area contributed by atoms with Crippen LogP contribution in [0.15, 0.2) is 0 Å². The second-order valence-electron chi connectivity index (χ2n) is 5.85. The lowest BCUT2D eigenvalue weighted by atomic mass is 9.77. The molecule has 2 aliphatic heterocycles. The van der Waals surface area contributed by atoms with Crippen LogP contribution in [-0.4, -0.2) is 36.6 Å². The largest absolute Gasteiger partial charge is 0.315 e. The first kappa shape index (κ1) is 15.6. The van der Waals surface area contributed by atoms with Gasteiger partial charge < -0.3 is 5.32 Å². The van der Waals surface area contributed by atoms with Crippen LogP contribution in [0.25, 0.3) is 0 Å². The Hall–Kier alpha value is 0.500. The Morgan fingerprint density at radius 3 is 2.35 bits per heavy atom. The van der Waals surface area contributed by atoms with Gasteiger partial charge in [-0.1, -0.05) is 12.8 Å². The Kier molecular flexibility index (Phi) is 6.04. The Morgan fingerprint density at radius 1 is 1.06 bits per heavy atom. The summed E-state index contributed by atoms with van der Waals surface area (Å²) in [5.41, 5.74) is 0.598. The molecular weight excluding hydrogens is 255 g/mol. The van der Waals surface area contributed by atoms with Gasteiger partial charge in [-0.3, -0.25) is 4.90 Å². The monoisotopic (exact) mass is 280 g/mol. The van der Waals surface area contributed by atoms with Crippen molar-refractivity contribution in [2.75, 3.05) is 26.2 Å². The SMILES string of the molecule is C1CCC(CN2CCC23CCCNC3)C1.Cl.Cl. The zero-order valence-electron chi connectivity index (χ0n) is 10.6. The number of likely N-dealkylation sites (tertiary alicyclic amines) is 1. The molecule has 1 N–H and O–H groups in total. The van der Waals surface area contributed by atoms with Gasteiger partial charge in [-0.15, -0.1) is 24.8 Å². The van der Waals surface area contributed by atoms with E-state index in [2.05, 4.69) is 10.2 Å². The summed E-state index contributed by atoms with van der Waals surface area (Å²) in [6.45, 7) is 5.29. The number of piperidine rings is 1. The summed E-state index contributed by atoms with van der Waals surface area (Å²) in [6, 6.07) is 0. The summed E-state index contributed by atoms with van der Waals surface area (Å²) in [5.74, 6) is 1.03. The molecule has 1 atom stereocenters. The summed E-state index contributed by atoms with van der Waals surface area (Å²) in [4.78, 5) is 2.80. The third kappa shape index (κ3) is 3.09. The average Bonchev–Trinajstić information content (AvgIpc) is 2.78. The number of nitrogens with one attached hydrogen (secondary N) is 1. The maximum Gasteiger partial charge on any atom is 0.0346 e. The molecule has 1 saturated carbocycles. The normalized spacial score (nSPS) is 33.9. The van der Waals surface area contributed by atoms with Gasteiger partial charge in [-0.05, 0) is 44.6 Å². The fraction of sp³-hybridized carbons (Fsp3) is 1.00. The maximum atomic E-state index is 3.59. The van der Waals surface area contributed by atoms with Gasteiger partial charge in [-0.2, -0.15) is 0 Å². The van der Waals surface area contributed by atoms with Crippen LogP contribution in [-0.2, 0) is 0 Å². The number of halogens is 2. The molecule has 1 aliphatic carbocycles. The number of hydrogen-bond acceptors (Lipinski definition) is 2. The molecule has 1 spiro atoms. The van der Waals surface area contributed by atoms with E-state index in [4.69, 9.17) is 0 Å². The van der Waals surface area contributed by atoms with Gasteiger partial charge >= 0.3 is 0 Å². The van der Waals surface area contributed by atoms with Crippen molar-refractivity contribution in [1.29, 1.82) is 0 Å². The topological polar surface area (TPSA) is 15.3 Å². The van der Waals surface area contributed by atoms with Crippen LogP contribution in [0, 0.1) is 5.92 Å². The predicted octanol–water partition coefficient (Wildman–Crippen LogP) is 2.85. The van der Waals surface area contributed by atoms with Crippen molar-refractivity contribution in [2.24, 2.45) is 5.92 Å². The van der Waals surface area contributed by atoms with Crippen molar-refractivity contribution in [3.05, 3.63) is 0 Å². The fourth-order valence-corrected chi connectivity index (χ4v) is 3.81. The summed E-state index contributed by atoms with van der Waals surface area (Å²) < 4.78 is 0. The lowest BCUT2D eigenvalue weighted by molar-refractivity contribution is -0.0414. The lowest BCUT2D eigenvalue weighted by Crippen LogP contribution is -2.66. The quantitative estimate of drug-likeness (QED) is 0.837. The van der Waals surface area contributed by atoms with E-state index in [1.807, 2.05) is 0 Å². The van der Waals surface area contributed by atoms with Gasteiger partial charge in [-0.25, -0.2) is 0 Å². The number of nitrogens with zero attached hydrogens (tertiary/aromatic N) is 1. The molecule has 3 rings (SSSR count). The van der Waals surface area contributed by atoms with E-state index in [1.165, 1.54) is 71.1 Å². The summed E-state index contributed by atoms with van der Waals surface area (Å²) in [6.07, 6.45) is 10.3. The minimum Gasteiger partial charge on any atom is -0.315 e. The standard InChI is InChI=1S/C13H24N2.2ClH/c1-2-5-12(4-1)10-15-9-7-13(15)6-3-8-14-11-13;;/h12,14H,1-11H2;2*1H. The predicted molar refractivity (Wildman–Crippen MR) is 77.5 cm³/mol. The molecule has 3 fully saturated rings. The third-order valence-electron chi connectivity index (χ3n) is 4.92. The Bertz CT molecular complexity index is 223. The Balaban J connectivity index is 0.000000722. The molecule has 2 saturated heterocycles. The molecule has 17 heavy (non-hydrogen) atoms. The summed E-state index contributed by atoms with van der Waals surface area (Å²) in [7, 11) is 0. The molecule has 0 amide bonds. The highest BCUT2D eigenvalue weighted by molar-refractivity contribution is 5.85. The molecule has 0 aromatic heterocycles. The van der Waals surface area contributed by atoms with Crippen molar-refractivity contribution in [2.45, 2.75) is 50.5 Å². The minimum atomic E-state index is 0. The van der Waals surface area contributed by atoms with Crippen LogP contribution in [0.4, 0.5) is 0 Å². The van der Waals surface area contributed by atoms with Gasteiger partial charge in [0.1, 0.15) is 0 Å². The van der Waals surface area contributed by atoms with Crippen LogP contribution in [0.5, 0.6) is 0 Å². The van der Waals surface area contributed by atoms with Crippen molar-refractivity contribution in [1.82, 2.24) is 10.2 Å². The zero-order chi connectivity index (χ0) is 10.1. The summed E-state index contributed by atoms with van der Waals surface area (Å²) in [5, 5.41) is 3.59. The Morgan fingerprint density at radius 2 is 1.82 bits per heavy atom. The molecule has 0 bridgehead atoms. The first-order valence-corrected chi connectivity index (χ1v) is 6.85. The van der Waals surface area contributed by atoms with Gasteiger partial charge in [0, 0.05) is 25.2 Å². The summed E-state index contributed by atoms with van der Waals surface area (Å²) >= 11 is 0. The number of rotatable bonds is 2. The fourth-order valence-electron chi connectivity index (χ4n) is 3.81. The van der Waals surface area contributed by atoms with E-state index in [9.17, 15) is 0 Å². The van der Waals surface area contributed by atoms with Gasteiger partial charge in [0.05, 0.1) is 0 Å². The van der Waals surface area contributed by atoms with Crippen molar-refractivity contribution in [3.8, 4) is 0 Å². The maximum absolute atomic E-state index is 3.59. The first-order valence-electron chi connectivity index (χ1n) is 6.85. The molecular formula is C13H26Cl2N2. The highest BCUT2D eigenvalue weighted by atomic mass is 35.5. The molecule has 0 aromatic carbocycles. The van der Waals surface area contributed by atoms with Crippen LogP contribution in [0.2, 0.25) is 0 Å². The average molecular weight is 281 g/mol. The van der Waals surface area contributed by atoms with Crippen molar-refractivity contribution < 1.29 is 0 Å². The second-order valence-corrected chi connectivity index (χ2v) is 5.85. The molecule has 3 aliphatic rings. The Labute approximate surface area is 118 Å². The first-order chi connectivity index (χ1) is 7.39. The lowest BCUT2D eigenvalue weighted by Gasteiger charge is -2.56.